The molecule has 2 saturated carbocycles. The van der Waals surface area contributed by atoms with Crippen LogP contribution in [0.25, 0.3) is 0 Å². The van der Waals surface area contributed by atoms with Gasteiger partial charge in [-0.25, -0.2) is 0 Å². The second kappa shape index (κ2) is 10.6. The molecule has 0 spiro atoms. The van der Waals surface area contributed by atoms with Crippen LogP contribution in [0, 0.1) is 0 Å². The lowest BCUT2D eigenvalue weighted by Crippen LogP contribution is -2.38. The van der Waals surface area contributed by atoms with Crippen molar-refractivity contribution < 1.29 is 19.8 Å². The van der Waals surface area contributed by atoms with Crippen molar-refractivity contribution in [1.29, 1.82) is 0 Å². The molecule has 0 atom stereocenters. The molecule has 122 valence electrons. The largest absolute Gasteiger partial charge is 0.480 e. The van der Waals surface area contributed by atoms with Gasteiger partial charge in [0.2, 0.25) is 0 Å². The predicted molar refractivity (Wildman–Crippen MR) is 80.4 cm³/mol. The molecule has 2 aliphatic rings. The van der Waals surface area contributed by atoms with Crippen molar-refractivity contribution in [2.45, 2.75) is 69.9 Å². The monoisotopic (exact) mass is 300 g/mol. The van der Waals surface area contributed by atoms with Gasteiger partial charge in [-0.15, -0.1) is 0 Å². The SMILES string of the molecule is O=C(O)CNC1CCC1.O=C(O)CNC1CCCCCC1. The van der Waals surface area contributed by atoms with Gasteiger partial charge in [-0.3, -0.25) is 9.59 Å². The van der Waals surface area contributed by atoms with Crippen LogP contribution in [0.15, 0.2) is 0 Å². The van der Waals surface area contributed by atoms with Crippen LogP contribution >= 0.6 is 0 Å². The van der Waals surface area contributed by atoms with Crippen LogP contribution in [-0.2, 0) is 9.59 Å². The number of carboxylic acid groups (broad SMARTS) is 2. The lowest BCUT2D eigenvalue weighted by molar-refractivity contribution is -0.137. The second-order valence-electron chi connectivity index (χ2n) is 5.87. The first-order valence-corrected chi connectivity index (χ1v) is 7.98. The van der Waals surface area contributed by atoms with Crippen molar-refractivity contribution in [3.8, 4) is 0 Å². The van der Waals surface area contributed by atoms with Crippen molar-refractivity contribution in [3.63, 3.8) is 0 Å². The van der Waals surface area contributed by atoms with E-state index >= 15 is 0 Å². The fourth-order valence-corrected chi connectivity index (χ4v) is 2.56. The highest BCUT2D eigenvalue weighted by Gasteiger charge is 2.16. The summed E-state index contributed by atoms with van der Waals surface area (Å²) in [7, 11) is 0. The fraction of sp³-hybridized carbons (Fsp3) is 0.867. The van der Waals surface area contributed by atoms with Crippen LogP contribution in [0.4, 0.5) is 0 Å². The zero-order chi connectivity index (χ0) is 15.5. The first-order chi connectivity index (χ1) is 10.1. The number of carbonyl (C=O) groups is 2. The Morgan fingerprint density at radius 1 is 0.714 bits per heavy atom. The molecule has 0 aromatic heterocycles. The van der Waals surface area contributed by atoms with Gasteiger partial charge >= 0.3 is 11.9 Å². The van der Waals surface area contributed by atoms with Gasteiger partial charge in [0.25, 0.3) is 0 Å². The molecule has 0 unspecified atom stereocenters. The van der Waals surface area contributed by atoms with E-state index in [2.05, 4.69) is 10.6 Å². The van der Waals surface area contributed by atoms with Gasteiger partial charge in [-0.05, 0) is 25.7 Å². The van der Waals surface area contributed by atoms with Crippen molar-refractivity contribution in [3.05, 3.63) is 0 Å². The summed E-state index contributed by atoms with van der Waals surface area (Å²) in [5.41, 5.74) is 0. The molecule has 0 heterocycles. The van der Waals surface area contributed by atoms with E-state index in [0.29, 0.717) is 12.1 Å². The predicted octanol–water partition coefficient (Wildman–Crippen LogP) is 1.60. The number of nitrogens with one attached hydrogen (secondary N) is 2. The molecular formula is C15H28N2O4. The van der Waals surface area contributed by atoms with E-state index in [0.717, 1.165) is 25.7 Å². The number of aliphatic carboxylic acids is 2. The Morgan fingerprint density at radius 3 is 1.38 bits per heavy atom. The summed E-state index contributed by atoms with van der Waals surface area (Å²) in [6.07, 6.45) is 10.9. The topological polar surface area (TPSA) is 98.7 Å². The molecule has 6 heteroatoms. The quantitative estimate of drug-likeness (QED) is 0.556. The van der Waals surface area contributed by atoms with Gasteiger partial charge in [0.1, 0.15) is 0 Å². The van der Waals surface area contributed by atoms with Crippen molar-refractivity contribution in [2.24, 2.45) is 0 Å². The molecule has 0 aromatic rings. The molecule has 2 fully saturated rings. The normalized spacial score (nSPS) is 19.8. The number of rotatable bonds is 6. The van der Waals surface area contributed by atoms with Crippen LogP contribution in [0.5, 0.6) is 0 Å². The first-order valence-electron chi connectivity index (χ1n) is 7.98. The second-order valence-corrected chi connectivity index (χ2v) is 5.87. The molecule has 0 amide bonds. The van der Waals surface area contributed by atoms with Gasteiger partial charge < -0.3 is 20.8 Å². The molecule has 21 heavy (non-hydrogen) atoms. The summed E-state index contributed by atoms with van der Waals surface area (Å²) in [5, 5.41) is 22.7. The van der Waals surface area contributed by atoms with Crippen LogP contribution in [-0.4, -0.2) is 47.3 Å². The summed E-state index contributed by atoms with van der Waals surface area (Å²) in [4.78, 5) is 20.2. The first kappa shape index (κ1) is 17.9. The Hall–Kier alpha value is -1.14. The highest BCUT2D eigenvalue weighted by molar-refractivity contribution is 5.69. The van der Waals surface area contributed by atoms with Gasteiger partial charge in [0, 0.05) is 12.1 Å². The minimum atomic E-state index is -0.762. The van der Waals surface area contributed by atoms with E-state index in [9.17, 15) is 9.59 Å². The highest BCUT2D eigenvalue weighted by Crippen LogP contribution is 2.17. The number of hydrogen-bond donors (Lipinski definition) is 4. The van der Waals surface area contributed by atoms with E-state index in [1.807, 2.05) is 0 Å². The Bertz CT molecular complexity index is 311. The summed E-state index contributed by atoms with van der Waals surface area (Å²) in [6.45, 7) is 0.231. The molecule has 0 bridgehead atoms. The van der Waals surface area contributed by atoms with Crippen LogP contribution in [0.3, 0.4) is 0 Å². The van der Waals surface area contributed by atoms with Crippen LogP contribution in [0.2, 0.25) is 0 Å². The third kappa shape index (κ3) is 9.42. The maximum atomic E-state index is 10.3. The maximum Gasteiger partial charge on any atom is 0.317 e. The summed E-state index contributed by atoms with van der Waals surface area (Å²) in [6, 6.07) is 0.935. The van der Waals surface area contributed by atoms with Gasteiger partial charge in [0.05, 0.1) is 13.1 Å². The van der Waals surface area contributed by atoms with E-state index < -0.39 is 11.9 Å². The lowest BCUT2D eigenvalue weighted by atomic mass is 9.93. The van der Waals surface area contributed by atoms with E-state index in [-0.39, 0.29) is 13.1 Å². The summed E-state index contributed by atoms with van der Waals surface area (Å²) in [5.74, 6) is -1.51. The van der Waals surface area contributed by atoms with E-state index in [1.54, 1.807) is 0 Å². The molecule has 0 saturated heterocycles. The molecule has 6 nitrogen and oxygen atoms in total. The highest BCUT2D eigenvalue weighted by atomic mass is 16.4. The minimum absolute atomic E-state index is 0.116. The molecule has 2 aliphatic carbocycles. The number of carboxylic acids is 2. The van der Waals surface area contributed by atoms with Gasteiger partial charge in [-0.2, -0.15) is 0 Å². The Labute approximate surface area is 126 Å². The fourth-order valence-electron chi connectivity index (χ4n) is 2.56. The third-order valence-electron chi connectivity index (χ3n) is 4.04. The van der Waals surface area contributed by atoms with Crippen molar-refractivity contribution >= 4 is 11.9 Å². The molecule has 2 rings (SSSR count). The number of hydrogen-bond acceptors (Lipinski definition) is 4. The Kier molecular flexibility index (Phi) is 9.01. The molecular weight excluding hydrogens is 272 g/mol. The maximum absolute atomic E-state index is 10.3. The standard InChI is InChI=1S/C9H17NO2.C6H11NO2/c11-9(12)7-10-8-5-3-1-2-4-6-8;8-6(9)4-7-5-2-1-3-5/h8,10H,1-7H2,(H,11,12);5,7H,1-4H2,(H,8,9). The molecule has 4 N–H and O–H groups in total. The zero-order valence-corrected chi connectivity index (χ0v) is 12.6. The van der Waals surface area contributed by atoms with Crippen LogP contribution < -0.4 is 10.6 Å². The molecule has 0 radical (unpaired) electrons. The Balaban J connectivity index is 0.000000219. The average Bonchev–Trinajstić information content (AvgIpc) is 2.63. The molecule has 0 aromatic carbocycles. The lowest BCUT2D eigenvalue weighted by Gasteiger charge is -2.25. The third-order valence-corrected chi connectivity index (χ3v) is 4.04. The average molecular weight is 300 g/mol. The van der Waals surface area contributed by atoms with Crippen LogP contribution in [0.1, 0.15) is 57.8 Å². The summed E-state index contributed by atoms with van der Waals surface area (Å²) < 4.78 is 0. The van der Waals surface area contributed by atoms with Gasteiger partial charge in [0.15, 0.2) is 0 Å². The van der Waals surface area contributed by atoms with E-state index in [1.165, 1.54) is 32.1 Å². The van der Waals surface area contributed by atoms with Crippen molar-refractivity contribution in [1.82, 2.24) is 10.6 Å². The van der Waals surface area contributed by atoms with E-state index in [4.69, 9.17) is 10.2 Å². The smallest absolute Gasteiger partial charge is 0.317 e. The van der Waals surface area contributed by atoms with Crippen molar-refractivity contribution in [2.75, 3.05) is 13.1 Å². The molecule has 0 aliphatic heterocycles. The minimum Gasteiger partial charge on any atom is -0.480 e. The Morgan fingerprint density at radius 2 is 1.10 bits per heavy atom. The summed E-state index contributed by atoms with van der Waals surface area (Å²) >= 11 is 0. The van der Waals surface area contributed by atoms with Gasteiger partial charge in [-0.1, -0.05) is 32.1 Å². The zero-order valence-electron chi connectivity index (χ0n) is 12.6.